The lowest BCUT2D eigenvalue weighted by Gasteiger charge is -2.49. The van der Waals surface area contributed by atoms with E-state index in [0.29, 0.717) is 24.2 Å². The average Bonchev–Trinajstić information content (AvgIpc) is 3.12. The van der Waals surface area contributed by atoms with E-state index >= 15 is 0 Å². The van der Waals surface area contributed by atoms with Gasteiger partial charge in [0, 0.05) is 43.7 Å². The van der Waals surface area contributed by atoms with Gasteiger partial charge in [0.1, 0.15) is 5.82 Å². The van der Waals surface area contributed by atoms with E-state index in [1.807, 2.05) is 0 Å². The van der Waals surface area contributed by atoms with Gasteiger partial charge >= 0.3 is 0 Å². The van der Waals surface area contributed by atoms with Crippen molar-refractivity contribution in [1.82, 2.24) is 14.9 Å². The molecule has 1 amide bonds. The van der Waals surface area contributed by atoms with Crippen molar-refractivity contribution in [2.24, 2.45) is 5.41 Å². The van der Waals surface area contributed by atoms with E-state index in [-0.39, 0.29) is 5.41 Å². The number of nitrogens with zero attached hydrogens (tertiary/aromatic N) is 4. The molecule has 1 atom stereocenters. The van der Waals surface area contributed by atoms with Crippen molar-refractivity contribution < 1.29 is 4.79 Å². The Kier molecular flexibility index (Phi) is 4.06. The molecule has 6 nitrogen and oxygen atoms in total. The van der Waals surface area contributed by atoms with Gasteiger partial charge in [-0.15, -0.1) is 0 Å². The molecule has 0 aromatic carbocycles. The summed E-state index contributed by atoms with van der Waals surface area (Å²) in [6, 6.07) is 2.21. The average molecular weight is 329 g/mol. The third kappa shape index (κ3) is 2.94. The SMILES string of the molecule is Nc1ccnc(N2CCC[C@]3(CCC(=O)N(C4CCCC4)C3)C2)n1. The number of carbonyl (C=O) groups excluding carboxylic acids is 1. The lowest BCUT2D eigenvalue weighted by molar-refractivity contribution is -0.140. The van der Waals surface area contributed by atoms with Gasteiger partial charge in [0.15, 0.2) is 0 Å². The summed E-state index contributed by atoms with van der Waals surface area (Å²) in [5.74, 6) is 1.62. The second-order valence-corrected chi connectivity index (χ2v) is 7.77. The third-order valence-corrected chi connectivity index (χ3v) is 6.07. The lowest BCUT2D eigenvalue weighted by atomic mass is 9.73. The highest BCUT2D eigenvalue weighted by molar-refractivity contribution is 5.77. The molecule has 4 rings (SSSR count). The van der Waals surface area contributed by atoms with Crippen LogP contribution in [0.4, 0.5) is 11.8 Å². The number of hydrogen-bond donors (Lipinski definition) is 1. The Balaban J connectivity index is 1.52. The zero-order chi connectivity index (χ0) is 16.6. The fourth-order valence-corrected chi connectivity index (χ4v) is 4.82. The van der Waals surface area contributed by atoms with Gasteiger partial charge in [-0.05, 0) is 38.2 Å². The maximum absolute atomic E-state index is 12.5. The first kappa shape index (κ1) is 15.7. The normalized spacial score (nSPS) is 28.8. The third-order valence-electron chi connectivity index (χ3n) is 6.07. The van der Waals surface area contributed by atoms with E-state index in [1.165, 1.54) is 32.1 Å². The number of amides is 1. The smallest absolute Gasteiger partial charge is 0.227 e. The first-order chi connectivity index (χ1) is 11.7. The van der Waals surface area contributed by atoms with Gasteiger partial charge in [-0.2, -0.15) is 4.98 Å². The van der Waals surface area contributed by atoms with Crippen LogP contribution >= 0.6 is 0 Å². The molecular weight excluding hydrogens is 302 g/mol. The molecule has 1 aromatic heterocycles. The van der Waals surface area contributed by atoms with Gasteiger partial charge in [0.25, 0.3) is 0 Å². The molecule has 6 heteroatoms. The fourth-order valence-electron chi connectivity index (χ4n) is 4.82. The Morgan fingerprint density at radius 2 is 2.00 bits per heavy atom. The first-order valence-corrected chi connectivity index (χ1v) is 9.28. The summed E-state index contributed by atoms with van der Waals surface area (Å²) in [5.41, 5.74) is 6.02. The van der Waals surface area contributed by atoms with Crippen molar-refractivity contribution in [3.63, 3.8) is 0 Å². The van der Waals surface area contributed by atoms with Crippen LogP contribution in [-0.4, -0.2) is 46.5 Å². The summed E-state index contributed by atoms with van der Waals surface area (Å²) in [4.78, 5) is 25.8. The molecule has 2 saturated heterocycles. The predicted octanol–water partition coefficient (Wildman–Crippen LogP) is 2.21. The molecule has 3 fully saturated rings. The number of rotatable bonds is 2. The highest BCUT2D eigenvalue weighted by Gasteiger charge is 2.44. The van der Waals surface area contributed by atoms with Gasteiger partial charge < -0.3 is 15.5 Å². The molecule has 0 bridgehead atoms. The molecule has 1 saturated carbocycles. The van der Waals surface area contributed by atoms with Crippen molar-refractivity contribution in [3.05, 3.63) is 12.3 Å². The minimum absolute atomic E-state index is 0.197. The number of aromatic nitrogens is 2. The van der Waals surface area contributed by atoms with Crippen LogP contribution in [0.25, 0.3) is 0 Å². The molecule has 1 aliphatic carbocycles. The Labute approximate surface area is 143 Å². The lowest BCUT2D eigenvalue weighted by Crippen LogP contribution is -2.56. The number of likely N-dealkylation sites (tertiary alicyclic amines) is 1. The Morgan fingerprint density at radius 1 is 1.17 bits per heavy atom. The van der Waals surface area contributed by atoms with E-state index in [0.717, 1.165) is 38.4 Å². The number of piperidine rings is 2. The summed E-state index contributed by atoms with van der Waals surface area (Å²) >= 11 is 0. The highest BCUT2D eigenvalue weighted by Crippen LogP contribution is 2.41. The van der Waals surface area contributed by atoms with Gasteiger partial charge in [-0.3, -0.25) is 4.79 Å². The topological polar surface area (TPSA) is 75.3 Å². The van der Waals surface area contributed by atoms with Crippen molar-refractivity contribution in [2.75, 3.05) is 30.3 Å². The van der Waals surface area contributed by atoms with E-state index in [1.54, 1.807) is 12.3 Å². The molecule has 130 valence electrons. The van der Waals surface area contributed by atoms with Gasteiger partial charge in [-0.1, -0.05) is 12.8 Å². The first-order valence-electron chi connectivity index (χ1n) is 9.28. The van der Waals surface area contributed by atoms with Crippen LogP contribution in [-0.2, 0) is 4.79 Å². The maximum atomic E-state index is 12.5. The number of nitrogens with two attached hydrogens (primary N) is 1. The fraction of sp³-hybridized carbons (Fsp3) is 0.722. The summed E-state index contributed by atoms with van der Waals surface area (Å²) in [5, 5.41) is 0. The van der Waals surface area contributed by atoms with Crippen molar-refractivity contribution in [2.45, 2.75) is 57.4 Å². The second-order valence-electron chi connectivity index (χ2n) is 7.77. The Bertz CT molecular complexity index is 615. The molecule has 3 aliphatic rings. The summed E-state index contributed by atoms with van der Waals surface area (Å²) in [6.07, 6.45) is 10.7. The molecule has 2 N–H and O–H groups in total. The van der Waals surface area contributed by atoms with Crippen LogP contribution in [0.5, 0.6) is 0 Å². The standard InChI is InChI=1S/C18H27N5O/c19-15-7-10-20-17(21-15)22-11-3-8-18(12-22)9-6-16(24)23(13-18)14-4-1-2-5-14/h7,10,14H,1-6,8-9,11-13H2,(H2,19,20,21)/t18-/m0/s1. The summed E-state index contributed by atoms with van der Waals surface area (Å²) in [6.45, 7) is 2.82. The van der Waals surface area contributed by atoms with Crippen molar-refractivity contribution in [1.29, 1.82) is 0 Å². The Morgan fingerprint density at radius 3 is 2.79 bits per heavy atom. The minimum Gasteiger partial charge on any atom is -0.384 e. The zero-order valence-corrected chi connectivity index (χ0v) is 14.3. The molecule has 1 spiro atoms. The highest BCUT2D eigenvalue weighted by atomic mass is 16.2. The quantitative estimate of drug-likeness (QED) is 0.900. The van der Waals surface area contributed by atoms with Crippen LogP contribution < -0.4 is 10.6 Å². The number of anilines is 2. The van der Waals surface area contributed by atoms with Crippen LogP contribution in [0.15, 0.2) is 12.3 Å². The molecule has 2 aliphatic heterocycles. The van der Waals surface area contributed by atoms with E-state index in [2.05, 4.69) is 19.8 Å². The van der Waals surface area contributed by atoms with E-state index in [4.69, 9.17) is 5.73 Å². The van der Waals surface area contributed by atoms with Crippen LogP contribution in [0.2, 0.25) is 0 Å². The largest absolute Gasteiger partial charge is 0.384 e. The number of hydrogen-bond acceptors (Lipinski definition) is 5. The minimum atomic E-state index is 0.197. The van der Waals surface area contributed by atoms with Crippen LogP contribution in [0.3, 0.4) is 0 Å². The number of carbonyl (C=O) groups is 1. The Hall–Kier alpha value is -1.85. The zero-order valence-electron chi connectivity index (χ0n) is 14.3. The van der Waals surface area contributed by atoms with Gasteiger partial charge in [-0.25, -0.2) is 4.98 Å². The van der Waals surface area contributed by atoms with Crippen LogP contribution in [0.1, 0.15) is 51.4 Å². The second kappa shape index (κ2) is 6.22. The van der Waals surface area contributed by atoms with Crippen LogP contribution in [0, 0.1) is 5.41 Å². The molecule has 1 aromatic rings. The van der Waals surface area contributed by atoms with E-state index in [9.17, 15) is 4.79 Å². The molecule has 0 radical (unpaired) electrons. The molecule has 0 unspecified atom stereocenters. The molecular formula is C18H27N5O. The molecule has 24 heavy (non-hydrogen) atoms. The van der Waals surface area contributed by atoms with Crippen molar-refractivity contribution >= 4 is 17.7 Å². The monoisotopic (exact) mass is 329 g/mol. The van der Waals surface area contributed by atoms with E-state index < -0.39 is 0 Å². The van der Waals surface area contributed by atoms with Gasteiger partial charge in [0.2, 0.25) is 11.9 Å². The molecule has 3 heterocycles. The maximum Gasteiger partial charge on any atom is 0.227 e. The predicted molar refractivity (Wildman–Crippen MR) is 93.5 cm³/mol. The number of nitrogen functional groups attached to an aromatic ring is 1. The van der Waals surface area contributed by atoms with Crippen molar-refractivity contribution in [3.8, 4) is 0 Å². The summed E-state index contributed by atoms with van der Waals surface area (Å²) < 4.78 is 0. The van der Waals surface area contributed by atoms with Gasteiger partial charge in [0.05, 0.1) is 0 Å². The summed E-state index contributed by atoms with van der Waals surface area (Å²) in [7, 11) is 0.